The Bertz CT molecular complexity index is 388. The van der Waals surface area contributed by atoms with E-state index in [1.165, 1.54) is 12.8 Å². The zero-order valence-corrected chi connectivity index (χ0v) is 9.66. The number of rotatable bonds is 4. The van der Waals surface area contributed by atoms with E-state index in [1.54, 1.807) is 19.3 Å². The van der Waals surface area contributed by atoms with Crippen molar-refractivity contribution in [2.24, 2.45) is 5.92 Å². The Labute approximate surface area is 95.5 Å². The molecule has 0 saturated heterocycles. The highest BCUT2D eigenvalue weighted by Gasteiger charge is 2.27. The molecule has 0 radical (unpaired) electrons. The van der Waals surface area contributed by atoms with E-state index in [-0.39, 0.29) is 5.91 Å². The largest absolute Gasteiger partial charge is 0.382 e. The van der Waals surface area contributed by atoms with Crippen molar-refractivity contribution in [3.63, 3.8) is 0 Å². The molecule has 0 aliphatic heterocycles. The molecule has 1 aliphatic carbocycles. The van der Waals surface area contributed by atoms with E-state index in [2.05, 4.69) is 22.5 Å². The first-order chi connectivity index (χ1) is 7.70. The van der Waals surface area contributed by atoms with Crippen LogP contribution in [0.25, 0.3) is 0 Å². The van der Waals surface area contributed by atoms with Crippen LogP contribution in [0.4, 0.5) is 5.69 Å². The molecule has 1 aromatic heterocycles. The van der Waals surface area contributed by atoms with Crippen molar-refractivity contribution in [2.45, 2.75) is 25.8 Å². The molecule has 1 atom stereocenters. The predicted octanol–water partition coefficient (Wildman–Crippen LogP) is 1.65. The average molecular weight is 219 g/mol. The van der Waals surface area contributed by atoms with E-state index in [1.807, 2.05) is 6.07 Å². The van der Waals surface area contributed by atoms with E-state index in [9.17, 15) is 4.79 Å². The lowest BCUT2D eigenvalue weighted by Gasteiger charge is -2.14. The van der Waals surface area contributed by atoms with E-state index in [4.69, 9.17) is 0 Å². The topological polar surface area (TPSA) is 54.0 Å². The Morgan fingerprint density at radius 3 is 2.94 bits per heavy atom. The molecular weight excluding hydrogens is 202 g/mol. The number of nitrogens with zero attached hydrogens (tertiary/aromatic N) is 1. The number of nitrogens with one attached hydrogen (secondary N) is 2. The summed E-state index contributed by atoms with van der Waals surface area (Å²) in [5.74, 6) is 0.638. The number of aromatic nitrogens is 1. The number of anilines is 1. The molecule has 1 saturated carbocycles. The summed E-state index contributed by atoms with van der Waals surface area (Å²) in [7, 11) is 1.61. The number of hydrogen-bond acceptors (Lipinski definition) is 3. The van der Waals surface area contributed by atoms with Crippen LogP contribution in [0, 0.1) is 5.92 Å². The summed E-state index contributed by atoms with van der Waals surface area (Å²) in [6.45, 7) is 2.18. The van der Waals surface area contributed by atoms with E-state index in [0.29, 0.717) is 11.7 Å². The van der Waals surface area contributed by atoms with E-state index >= 15 is 0 Å². The Morgan fingerprint density at radius 2 is 2.31 bits per heavy atom. The first-order valence-corrected chi connectivity index (χ1v) is 5.65. The second-order valence-electron chi connectivity index (χ2n) is 4.28. The van der Waals surface area contributed by atoms with Gasteiger partial charge in [0.1, 0.15) is 5.69 Å². The zero-order valence-electron chi connectivity index (χ0n) is 9.66. The molecule has 4 nitrogen and oxygen atoms in total. The molecule has 1 aromatic rings. The molecule has 1 unspecified atom stereocenters. The van der Waals surface area contributed by atoms with Crippen LogP contribution in [0.5, 0.6) is 0 Å². The molecule has 86 valence electrons. The first-order valence-electron chi connectivity index (χ1n) is 5.65. The fourth-order valence-electron chi connectivity index (χ4n) is 1.75. The summed E-state index contributed by atoms with van der Waals surface area (Å²) in [4.78, 5) is 15.4. The molecule has 2 N–H and O–H groups in total. The minimum absolute atomic E-state index is 0.150. The SMILES string of the molecule is CNC(=O)c1cc(NC(C)C2CC2)ccn1. The van der Waals surface area contributed by atoms with Crippen LogP contribution in [-0.4, -0.2) is 24.0 Å². The average Bonchev–Trinajstić information content (AvgIpc) is 3.12. The normalized spacial score (nSPS) is 16.6. The Morgan fingerprint density at radius 1 is 1.56 bits per heavy atom. The van der Waals surface area contributed by atoms with Crippen molar-refractivity contribution in [1.82, 2.24) is 10.3 Å². The van der Waals surface area contributed by atoms with Crippen LogP contribution in [0.15, 0.2) is 18.3 Å². The minimum Gasteiger partial charge on any atom is -0.382 e. The van der Waals surface area contributed by atoms with Gasteiger partial charge in [-0.2, -0.15) is 0 Å². The lowest BCUT2D eigenvalue weighted by molar-refractivity contribution is 0.0958. The van der Waals surface area contributed by atoms with E-state index in [0.717, 1.165) is 11.6 Å². The standard InChI is InChI=1S/C12H17N3O/c1-8(9-3-4-9)15-10-5-6-14-11(7-10)12(16)13-2/h5-9H,3-4H2,1-2H3,(H,13,16)(H,14,15). The second kappa shape index (κ2) is 4.51. The predicted molar refractivity (Wildman–Crippen MR) is 63.4 cm³/mol. The first kappa shape index (κ1) is 10.9. The lowest BCUT2D eigenvalue weighted by atomic mass is 10.2. The van der Waals surface area contributed by atoms with Gasteiger partial charge in [0.2, 0.25) is 0 Å². The van der Waals surface area contributed by atoms with Crippen molar-refractivity contribution in [1.29, 1.82) is 0 Å². The van der Waals surface area contributed by atoms with Gasteiger partial charge in [-0.1, -0.05) is 0 Å². The van der Waals surface area contributed by atoms with Gasteiger partial charge < -0.3 is 10.6 Å². The Kier molecular flexibility index (Phi) is 3.08. The van der Waals surface area contributed by atoms with Gasteiger partial charge in [-0.25, -0.2) is 0 Å². The molecule has 4 heteroatoms. The highest BCUT2D eigenvalue weighted by Crippen LogP contribution is 2.33. The van der Waals surface area contributed by atoms with Gasteiger partial charge in [-0.15, -0.1) is 0 Å². The van der Waals surface area contributed by atoms with Crippen LogP contribution < -0.4 is 10.6 Å². The van der Waals surface area contributed by atoms with Gasteiger partial charge in [0.15, 0.2) is 0 Å². The third-order valence-corrected chi connectivity index (χ3v) is 2.94. The van der Waals surface area contributed by atoms with Crippen LogP contribution >= 0.6 is 0 Å². The maximum Gasteiger partial charge on any atom is 0.269 e. The fraction of sp³-hybridized carbons (Fsp3) is 0.500. The lowest BCUT2D eigenvalue weighted by Crippen LogP contribution is -2.21. The molecule has 1 heterocycles. The van der Waals surface area contributed by atoms with Crippen molar-refractivity contribution >= 4 is 11.6 Å². The summed E-state index contributed by atoms with van der Waals surface area (Å²) in [6, 6.07) is 4.16. The maximum absolute atomic E-state index is 11.4. The van der Waals surface area contributed by atoms with Gasteiger partial charge in [0.05, 0.1) is 0 Å². The van der Waals surface area contributed by atoms with Crippen molar-refractivity contribution < 1.29 is 4.79 Å². The fourth-order valence-corrected chi connectivity index (χ4v) is 1.75. The van der Waals surface area contributed by atoms with Crippen LogP contribution in [0.2, 0.25) is 0 Å². The van der Waals surface area contributed by atoms with Crippen molar-refractivity contribution in [3.8, 4) is 0 Å². The molecule has 0 bridgehead atoms. The number of pyridine rings is 1. The molecule has 16 heavy (non-hydrogen) atoms. The van der Waals surface area contributed by atoms with Gasteiger partial charge in [0, 0.05) is 25.0 Å². The summed E-state index contributed by atoms with van der Waals surface area (Å²) in [5, 5.41) is 5.97. The van der Waals surface area contributed by atoms with Gasteiger partial charge in [-0.05, 0) is 37.8 Å². The molecule has 1 fully saturated rings. The number of amides is 1. The summed E-state index contributed by atoms with van der Waals surface area (Å²) in [5.41, 5.74) is 1.42. The molecule has 1 aliphatic rings. The van der Waals surface area contributed by atoms with Gasteiger partial charge in [0.25, 0.3) is 5.91 Å². The Hall–Kier alpha value is -1.58. The highest BCUT2D eigenvalue weighted by molar-refractivity contribution is 5.92. The number of hydrogen-bond donors (Lipinski definition) is 2. The molecular formula is C12H17N3O. The quantitative estimate of drug-likeness (QED) is 0.809. The molecule has 0 spiro atoms. The maximum atomic E-state index is 11.4. The van der Waals surface area contributed by atoms with Crippen LogP contribution in [-0.2, 0) is 0 Å². The van der Waals surface area contributed by atoms with Crippen molar-refractivity contribution in [2.75, 3.05) is 12.4 Å². The van der Waals surface area contributed by atoms with Gasteiger partial charge >= 0.3 is 0 Å². The third kappa shape index (κ3) is 2.51. The van der Waals surface area contributed by atoms with Crippen LogP contribution in [0.1, 0.15) is 30.3 Å². The van der Waals surface area contributed by atoms with Gasteiger partial charge in [-0.3, -0.25) is 9.78 Å². The van der Waals surface area contributed by atoms with E-state index < -0.39 is 0 Å². The van der Waals surface area contributed by atoms with Crippen molar-refractivity contribution in [3.05, 3.63) is 24.0 Å². The minimum atomic E-state index is -0.150. The second-order valence-corrected chi connectivity index (χ2v) is 4.28. The summed E-state index contributed by atoms with van der Waals surface area (Å²) in [6.07, 6.45) is 4.27. The highest BCUT2D eigenvalue weighted by atomic mass is 16.1. The summed E-state index contributed by atoms with van der Waals surface area (Å²) >= 11 is 0. The Balaban J connectivity index is 2.06. The smallest absolute Gasteiger partial charge is 0.269 e. The third-order valence-electron chi connectivity index (χ3n) is 2.94. The molecule has 2 rings (SSSR count). The number of carbonyl (C=O) groups excluding carboxylic acids is 1. The summed E-state index contributed by atoms with van der Waals surface area (Å²) < 4.78 is 0. The molecule has 1 amide bonds. The van der Waals surface area contributed by atoms with Crippen LogP contribution in [0.3, 0.4) is 0 Å². The monoisotopic (exact) mass is 219 g/mol. The zero-order chi connectivity index (χ0) is 11.5. The molecule has 0 aromatic carbocycles. The number of carbonyl (C=O) groups is 1.